The summed E-state index contributed by atoms with van der Waals surface area (Å²) in [6.45, 7) is 4.73. The van der Waals surface area contributed by atoms with Gasteiger partial charge in [0.1, 0.15) is 0 Å². The Labute approximate surface area is 207 Å². The van der Waals surface area contributed by atoms with Crippen LogP contribution in [0.4, 0.5) is 0 Å². The molecule has 0 aliphatic heterocycles. The predicted molar refractivity (Wildman–Crippen MR) is 152 cm³/mol. The van der Waals surface area contributed by atoms with Crippen LogP contribution < -0.4 is 0 Å². The number of hydrogen-bond donors (Lipinski definition) is 0. The van der Waals surface area contributed by atoms with Crippen molar-refractivity contribution in [3.8, 4) is 11.1 Å². The zero-order valence-corrected chi connectivity index (χ0v) is 20.6. The van der Waals surface area contributed by atoms with Crippen LogP contribution in [0.15, 0.2) is 97.1 Å². The van der Waals surface area contributed by atoms with Gasteiger partial charge in [-0.05, 0) is 78.2 Å². The van der Waals surface area contributed by atoms with Crippen molar-refractivity contribution in [1.29, 1.82) is 0 Å². The molecule has 0 heteroatoms. The summed E-state index contributed by atoms with van der Waals surface area (Å²) in [5.74, 6) is 0. The molecule has 6 aromatic carbocycles. The van der Waals surface area contributed by atoms with E-state index in [9.17, 15) is 0 Å². The topological polar surface area (TPSA) is 0 Å². The standard InChI is InChI=1S/C35H30/c1-3-21-35(22-4-2)33-29-19-11-7-15-25(29)23-13-5-9-17-27(23)31(33)32-28-18-10-6-14-24(28)26-16-8-12-20-30(26)34(32)35/h5-20H,3-4,21-22H2,1-2H3. The molecule has 0 unspecified atom stereocenters. The van der Waals surface area contributed by atoms with Crippen molar-refractivity contribution in [2.24, 2.45) is 0 Å². The van der Waals surface area contributed by atoms with E-state index in [1.54, 1.807) is 11.1 Å². The first-order valence-electron chi connectivity index (χ1n) is 13.2. The van der Waals surface area contributed by atoms with E-state index in [2.05, 4.69) is 111 Å². The summed E-state index contributed by atoms with van der Waals surface area (Å²) in [5, 5.41) is 11.2. The van der Waals surface area contributed by atoms with Gasteiger partial charge in [0.05, 0.1) is 0 Å². The molecule has 7 rings (SSSR count). The lowest BCUT2D eigenvalue weighted by Crippen LogP contribution is -2.25. The first-order valence-corrected chi connectivity index (χ1v) is 13.2. The molecule has 0 nitrogen and oxygen atoms in total. The van der Waals surface area contributed by atoms with E-state index in [-0.39, 0.29) is 5.41 Å². The maximum Gasteiger partial charge on any atom is 0.0227 e. The molecule has 0 bridgehead atoms. The first kappa shape index (κ1) is 20.7. The molecule has 0 amide bonds. The third-order valence-corrected chi connectivity index (χ3v) is 8.43. The summed E-state index contributed by atoms with van der Waals surface area (Å²) in [7, 11) is 0. The minimum absolute atomic E-state index is 0.0153. The van der Waals surface area contributed by atoms with Gasteiger partial charge in [-0.25, -0.2) is 0 Å². The lowest BCUT2D eigenvalue weighted by atomic mass is 9.68. The molecule has 0 aromatic heterocycles. The summed E-state index contributed by atoms with van der Waals surface area (Å²) >= 11 is 0. The second kappa shape index (κ2) is 7.68. The Kier molecular flexibility index (Phi) is 4.55. The molecule has 0 atom stereocenters. The van der Waals surface area contributed by atoms with Crippen LogP contribution in [0.5, 0.6) is 0 Å². The van der Waals surface area contributed by atoms with E-state index in [4.69, 9.17) is 0 Å². The highest BCUT2D eigenvalue weighted by Crippen LogP contribution is 2.61. The van der Waals surface area contributed by atoms with Gasteiger partial charge in [-0.15, -0.1) is 0 Å². The van der Waals surface area contributed by atoms with E-state index < -0.39 is 0 Å². The lowest BCUT2D eigenvalue weighted by Gasteiger charge is -2.34. The number of rotatable bonds is 4. The van der Waals surface area contributed by atoms with Crippen molar-refractivity contribution < 1.29 is 0 Å². The Morgan fingerprint density at radius 2 is 0.686 bits per heavy atom. The smallest absolute Gasteiger partial charge is 0.0227 e. The molecule has 0 fully saturated rings. The molecular weight excluding hydrogens is 420 g/mol. The zero-order valence-electron chi connectivity index (χ0n) is 20.6. The van der Waals surface area contributed by atoms with Crippen LogP contribution in [-0.4, -0.2) is 0 Å². The van der Waals surface area contributed by atoms with Gasteiger partial charge in [-0.1, -0.05) is 124 Å². The normalized spacial score (nSPS) is 14.1. The molecular formula is C35H30. The Hall–Kier alpha value is -3.64. The summed E-state index contributed by atoms with van der Waals surface area (Å²) in [5.41, 5.74) is 6.14. The molecule has 0 saturated carbocycles. The van der Waals surface area contributed by atoms with Crippen molar-refractivity contribution in [3.05, 3.63) is 108 Å². The first-order chi connectivity index (χ1) is 17.3. The minimum atomic E-state index is 0.0153. The molecule has 0 heterocycles. The van der Waals surface area contributed by atoms with Crippen LogP contribution in [-0.2, 0) is 5.41 Å². The lowest BCUT2D eigenvalue weighted by molar-refractivity contribution is 0.442. The van der Waals surface area contributed by atoms with Crippen molar-refractivity contribution >= 4 is 43.1 Å². The zero-order chi connectivity index (χ0) is 23.6. The van der Waals surface area contributed by atoms with Crippen LogP contribution in [0, 0.1) is 0 Å². The van der Waals surface area contributed by atoms with E-state index in [0.29, 0.717) is 0 Å². The van der Waals surface area contributed by atoms with Crippen molar-refractivity contribution in [1.82, 2.24) is 0 Å². The highest BCUT2D eigenvalue weighted by Gasteiger charge is 2.46. The quantitative estimate of drug-likeness (QED) is 0.234. The minimum Gasteiger partial charge on any atom is -0.0653 e. The molecule has 0 spiro atoms. The third-order valence-electron chi connectivity index (χ3n) is 8.43. The van der Waals surface area contributed by atoms with Crippen LogP contribution in [0.3, 0.4) is 0 Å². The van der Waals surface area contributed by atoms with E-state index >= 15 is 0 Å². The molecule has 0 saturated heterocycles. The molecule has 1 aliphatic rings. The molecule has 170 valence electrons. The van der Waals surface area contributed by atoms with Gasteiger partial charge >= 0.3 is 0 Å². The maximum atomic E-state index is 2.39. The summed E-state index contributed by atoms with van der Waals surface area (Å²) in [6, 6.07) is 36.5. The van der Waals surface area contributed by atoms with Gasteiger partial charge < -0.3 is 0 Å². The fourth-order valence-corrected chi connectivity index (χ4v) is 7.40. The van der Waals surface area contributed by atoms with E-state index in [1.807, 2.05) is 0 Å². The van der Waals surface area contributed by atoms with Crippen molar-refractivity contribution in [2.75, 3.05) is 0 Å². The highest BCUT2D eigenvalue weighted by atomic mass is 14.5. The predicted octanol–water partition coefficient (Wildman–Crippen LogP) is 10.2. The van der Waals surface area contributed by atoms with Gasteiger partial charge in [-0.2, -0.15) is 0 Å². The second-order valence-electron chi connectivity index (χ2n) is 10.3. The van der Waals surface area contributed by atoms with E-state index in [1.165, 1.54) is 79.9 Å². The van der Waals surface area contributed by atoms with Gasteiger partial charge in [0.15, 0.2) is 0 Å². The fourth-order valence-electron chi connectivity index (χ4n) is 7.40. The van der Waals surface area contributed by atoms with Crippen LogP contribution in [0.1, 0.15) is 50.7 Å². The largest absolute Gasteiger partial charge is 0.0653 e. The van der Waals surface area contributed by atoms with Gasteiger partial charge in [0, 0.05) is 5.41 Å². The highest BCUT2D eigenvalue weighted by molar-refractivity contribution is 6.25. The summed E-state index contributed by atoms with van der Waals surface area (Å²) in [4.78, 5) is 0. The van der Waals surface area contributed by atoms with Crippen molar-refractivity contribution in [2.45, 2.75) is 44.9 Å². The van der Waals surface area contributed by atoms with Gasteiger partial charge in [0.2, 0.25) is 0 Å². The third kappa shape index (κ3) is 2.63. The Bertz CT molecular complexity index is 1640. The van der Waals surface area contributed by atoms with Crippen LogP contribution >= 0.6 is 0 Å². The number of benzene rings is 6. The van der Waals surface area contributed by atoms with Crippen molar-refractivity contribution in [3.63, 3.8) is 0 Å². The fraction of sp³-hybridized carbons (Fsp3) is 0.200. The average molecular weight is 451 g/mol. The maximum absolute atomic E-state index is 2.39. The Morgan fingerprint density at radius 1 is 0.400 bits per heavy atom. The monoisotopic (exact) mass is 450 g/mol. The number of fused-ring (bicyclic) bond motifs is 13. The average Bonchev–Trinajstić information content (AvgIpc) is 3.21. The number of hydrogen-bond acceptors (Lipinski definition) is 0. The summed E-state index contributed by atoms with van der Waals surface area (Å²) in [6.07, 6.45) is 4.68. The van der Waals surface area contributed by atoms with E-state index in [0.717, 1.165) is 0 Å². The summed E-state index contributed by atoms with van der Waals surface area (Å²) < 4.78 is 0. The van der Waals surface area contributed by atoms with Crippen LogP contribution in [0.25, 0.3) is 54.2 Å². The van der Waals surface area contributed by atoms with Gasteiger partial charge in [-0.3, -0.25) is 0 Å². The molecule has 0 N–H and O–H groups in total. The van der Waals surface area contributed by atoms with Gasteiger partial charge in [0.25, 0.3) is 0 Å². The van der Waals surface area contributed by atoms with Crippen LogP contribution in [0.2, 0.25) is 0 Å². The molecule has 1 aliphatic carbocycles. The molecule has 35 heavy (non-hydrogen) atoms. The second-order valence-corrected chi connectivity index (χ2v) is 10.3. The molecule has 0 radical (unpaired) electrons. The molecule has 6 aromatic rings. The Balaban J connectivity index is 1.84. The SMILES string of the molecule is CCCC1(CCC)c2c(c3ccccc3c3ccccc23)-c2c1c1ccccc1c1ccccc21. The Morgan fingerprint density at radius 3 is 1.03 bits per heavy atom.